The van der Waals surface area contributed by atoms with E-state index in [0.717, 1.165) is 11.3 Å². The molecule has 1 atom stereocenters. The van der Waals surface area contributed by atoms with Crippen molar-refractivity contribution in [2.45, 2.75) is 12.5 Å². The molecule has 2 nitrogen and oxygen atoms in total. The second kappa shape index (κ2) is 6.04. The molecule has 1 unspecified atom stereocenters. The van der Waals surface area contributed by atoms with E-state index in [1.165, 1.54) is 6.07 Å². The van der Waals surface area contributed by atoms with Crippen molar-refractivity contribution in [3.05, 3.63) is 64.4 Å². The molecule has 0 aliphatic heterocycles. The molecule has 0 aliphatic carbocycles. The summed E-state index contributed by atoms with van der Waals surface area (Å²) in [5.41, 5.74) is 7.54. The topological polar surface area (TPSA) is 35.2 Å². The molecule has 2 aromatic carbocycles. The average molecular weight is 280 g/mol. The van der Waals surface area contributed by atoms with Gasteiger partial charge in [0.1, 0.15) is 11.6 Å². The maximum absolute atomic E-state index is 13.8. The Bertz CT molecular complexity index is 557. The molecular weight excluding hydrogens is 265 g/mol. The highest BCUT2D eigenvalue weighted by atomic mass is 35.5. The Labute approximate surface area is 117 Å². The van der Waals surface area contributed by atoms with Crippen LogP contribution in [0.25, 0.3) is 0 Å². The third-order valence-electron chi connectivity index (χ3n) is 3.02. The van der Waals surface area contributed by atoms with Gasteiger partial charge in [0.25, 0.3) is 0 Å². The fourth-order valence-electron chi connectivity index (χ4n) is 1.91. The lowest BCUT2D eigenvalue weighted by Crippen LogP contribution is -2.14. The maximum atomic E-state index is 13.8. The number of hydrogen-bond acceptors (Lipinski definition) is 2. The summed E-state index contributed by atoms with van der Waals surface area (Å²) < 4.78 is 18.9. The molecule has 0 aromatic heterocycles. The Balaban J connectivity index is 2.15. The molecule has 0 fully saturated rings. The van der Waals surface area contributed by atoms with Gasteiger partial charge < -0.3 is 10.5 Å². The van der Waals surface area contributed by atoms with Crippen LogP contribution in [0.1, 0.15) is 17.2 Å². The van der Waals surface area contributed by atoms with E-state index < -0.39 is 5.82 Å². The van der Waals surface area contributed by atoms with Crippen LogP contribution in [0, 0.1) is 5.82 Å². The number of benzene rings is 2. The van der Waals surface area contributed by atoms with Gasteiger partial charge in [0.05, 0.1) is 12.1 Å². The first-order chi connectivity index (χ1) is 9.11. The van der Waals surface area contributed by atoms with Gasteiger partial charge in [0.15, 0.2) is 0 Å². The summed E-state index contributed by atoms with van der Waals surface area (Å²) in [5, 5.41) is 0.124. The van der Waals surface area contributed by atoms with Gasteiger partial charge in [-0.05, 0) is 35.7 Å². The van der Waals surface area contributed by atoms with Crippen LogP contribution in [-0.2, 0) is 6.42 Å². The fourth-order valence-corrected chi connectivity index (χ4v) is 2.11. The number of hydrogen-bond donors (Lipinski definition) is 1. The van der Waals surface area contributed by atoms with Crippen LogP contribution in [0.3, 0.4) is 0 Å². The second-order valence-electron chi connectivity index (χ2n) is 4.30. The molecule has 0 spiro atoms. The van der Waals surface area contributed by atoms with E-state index in [2.05, 4.69) is 0 Å². The van der Waals surface area contributed by atoms with Gasteiger partial charge in [-0.1, -0.05) is 35.9 Å². The molecule has 0 radical (unpaired) electrons. The van der Waals surface area contributed by atoms with Crippen molar-refractivity contribution >= 4 is 11.6 Å². The predicted octanol–water partition coefficient (Wildman–Crippen LogP) is 3.73. The van der Waals surface area contributed by atoms with E-state index in [-0.39, 0.29) is 11.1 Å². The summed E-state index contributed by atoms with van der Waals surface area (Å²) in [4.78, 5) is 0. The standard InChI is InChI=1S/C15H15ClFNO/c1-19-12-7-5-10(6-8-12)14(18)9-11-3-2-4-13(16)15(11)17/h2-8,14H,9,18H2,1H3. The summed E-state index contributed by atoms with van der Waals surface area (Å²) in [6.07, 6.45) is 0.402. The van der Waals surface area contributed by atoms with E-state index in [1.807, 2.05) is 24.3 Å². The summed E-state index contributed by atoms with van der Waals surface area (Å²) >= 11 is 5.75. The van der Waals surface area contributed by atoms with Crippen LogP contribution in [0.2, 0.25) is 5.02 Å². The summed E-state index contributed by atoms with van der Waals surface area (Å²) in [6, 6.07) is 12.1. The van der Waals surface area contributed by atoms with Gasteiger partial charge in [-0.15, -0.1) is 0 Å². The minimum atomic E-state index is -0.395. The molecule has 0 bridgehead atoms. The van der Waals surface area contributed by atoms with Gasteiger partial charge >= 0.3 is 0 Å². The van der Waals surface area contributed by atoms with Crippen LogP contribution < -0.4 is 10.5 Å². The molecule has 0 amide bonds. The van der Waals surface area contributed by atoms with Gasteiger partial charge in [0, 0.05) is 6.04 Å². The Kier molecular flexibility index (Phi) is 4.40. The minimum absolute atomic E-state index is 0.124. The van der Waals surface area contributed by atoms with Crippen molar-refractivity contribution in [2.75, 3.05) is 7.11 Å². The number of nitrogens with two attached hydrogens (primary N) is 1. The Morgan fingerprint density at radius 2 is 1.89 bits per heavy atom. The van der Waals surface area contributed by atoms with Gasteiger partial charge in [-0.25, -0.2) is 4.39 Å². The first-order valence-electron chi connectivity index (χ1n) is 5.94. The molecule has 100 valence electrons. The molecule has 19 heavy (non-hydrogen) atoms. The third kappa shape index (κ3) is 3.25. The van der Waals surface area contributed by atoms with E-state index in [9.17, 15) is 4.39 Å². The van der Waals surface area contributed by atoms with Gasteiger partial charge in [-0.2, -0.15) is 0 Å². The first kappa shape index (κ1) is 13.8. The zero-order chi connectivity index (χ0) is 13.8. The minimum Gasteiger partial charge on any atom is -0.497 e. The van der Waals surface area contributed by atoms with E-state index in [0.29, 0.717) is 12.0 Å². The molecule has 0 aliphatic rings. The zero-order valence-corrected chi connectivity index (χ0v) is 11.3. The molecule has 0 saturated heterocycles. The number of methoxy groups -OCH3 is 1. The summed E-state index contributed by atoms with van der Waals surface area (Å²) in [6.45, 7) is 0. The largest absolute Gasteiger partial charge is 0.497 e. The molecule has 2 rings (SSSR count). The Morgan fingerprint density at radius 3 is 2.53 bits per heavy atom. The van der Waals surface area contributed by atoms with Gasteiger partial charge in [-0.3, -0.25) is 0 Å². The Hall–Kier alpha value is -1.58. The smallest absolute Gasteiger partial charge is 0.145 e. The van der Waals surface area contributed by atoms with Gasteiger partial charge in [0.2, 0.25) is 0 Å². The molecule has 2 aromatic rings. The molecule has 0 heterocycles. The first-order valence-corrected chi connectivity index (χ1v) is 6.32. The zero-order valence-electron chi connectivity index (χ0n) is 10.6. The predicted molar refractivity (Wildman–Crippen MR) is 75.0 cm³/mol. The highest BCUT2D eigenvalue weighted by Gasteiger charge is 2.12. The quantitative estimate of drug-likeness (QED) is 0.925. The summed E-state index contributed by atoms with van der Waals surface area (Å²) in [5.74, 6) is 0.373. The fraction of sp³-hybridized carbons (Fsp3) is 0.200. The molecule has 0 saturated carbocycles. The van der Waals surface area contributed by atoms with E-state index >= 15 is 0 Å². The highest BCUT2D eigenvalue weighted by molar-refractivity contribution is 6.30. The highest BCUT2D eigenvalue weighted by Crippen LogP contribution is 2.23. The lowest BCUT2D eigenvalue weighted by Gasteiger charge is -2.13. The SMILES string of the molecule is COc1ccc(C(N)Cc2cccc(Cl)c2F)cc1. The van der Waals surface area contributed by atoms with Crippen LogP contribution in [-0.4, -0.2) is 7.11 Å². The number of ether oxygens (including phenoxy) is 1. The summed E-state index contributed by atoms with van der Waals surface area (Å²) in [7, 11) is 1.61. The maximum Gasteiger partial charge on any atom is 0.145 e. The van der Waals surface area contributed by atoms with E-state index in [1.54, 1.807) is 19.2 Å². The normalized spacial score (nSPS) is 12.2. The van der Waals surface area contributed by atoms with E-state index in [4.69, 9.17) is 22.1 Å². The third-order valence-corrected chi connectivity index (χ3v) is 3.31. The van der Waals surface area contributed by atoms with Crippen molar-refractivity contribution in [2.24, 2.45) is 5.73 Å². The van der Waals surface area contributed by atoms with Crippen molar-refractivity contribution in [1.82, 2.24) is 0 Å². The number of halogens is 2. The van der Waals surface area contributed by atoms with Crippen molar-refractivity contribution in [3.8, 4) is 5.75 Å². The molecule has 4 heteroatoms. The Morgan fingerprint density at radius 1 is 1.21 bits per heavy atom. The average Bonchev–Trinajstić information content (AvgIpc) is 2.44. The van der Waals surface area contributed by atoms with Crippen molar-refractivity contribution in [1.29, 1.82) is 0 Å². The lowest BCUT2D eigenvalue weighted by molar-refractivity contribution is 0.414. The van der Waals surface area contributed by atoms with Crippen LogP contribution >= 0.6 is 11.6 Å². The monoisotopic (exact) mass is 279 g/mol. The lowest BCUT2D eigenvalue weighted by atomic mass is 9.99. The van der Waals surface area contributed by atoms with Crippen LogP contribution in [0.4, 0.5) is 4.39 Å². The van der Waals surface area contributed by atoms with Crippen molar-refractivity contribution < 1.29 is 9.13 Å². The van der Waals surface area contributed by atoms with Crippen LogP contribution in [0.5, 0.6) is 5.75 Å². The van der Waals surface area contributed by atoms with Crippen LogP contribution in [0.15, 0.2) is 42.5 Å². The number of rotatable bonds is 4. The second-order valence-corrected chi connectivity index (χ2v) is 4.70. The molecule has 2 N–H and O–H groups in total. The van der Waals surface area contributed by atoms with Crippen molar-refractivity contribution in [3.63, 3.8) is 0 Å². The molecular formula is C15H15ClFNO.